The molecule has 0 aliphatic rings. The second kappa shape index (κ2) is 9.42. The average Bonchev–Trinajstić information content (AvgIpc) is 2.74. The first-order valence-electron chi connectivity index (χ1n) is 10.5. The van der Waals surface area contributed by atoms with E-state index in [1.165, 1.54) is 25.3 Å². The van der Waals surface area contributed by atoms with Gasteiger partial charge in [-0.05, 0) is 25.0 Å². The largest absolute Gasteiger partial charge is 0.508 e. The molecule has 0 saturated heterocycles. The van der Waals surface area contributed by atoms with Crippen molar-refractivity contribution in [2.24, 2.45) is 5.92 Å². The summed E-state index contributed by atoms with van der Waals surface area (Å²) in [5, 5.41) is 41.5. The zero-order valence-corrected chi connectivity index (χ0v) is 19.0. The van der Waals surface area contributed by atoms with Crippen molar-refractivity contribution in [1.29, 1.82) is 0 Å². The molecule has 1 aromatic heterocycles. The van der Waals surface area contributed by atoms with Crippen LogP contribution in [0.25, 0.3) is 28.4 Å². The van der Waals surface area contributed by atoms with Gasteiger partial charge in [-0.2, -0.15) is 0 Å². The minimum Gasteiger partial charge on any atom is -0.508 e. The maximum atomic E-state index is 13.6. The van der Waals surface area contributed by atoms with Crippen LogP contribution in [0.1, 0.15) is 31.9 Å². The van der Waals surface area contributed by atoms with Crippen molar-refractivity contribution < 1.29 is 29.6 Å². The summed E-state index contributed by atoms with van der Waals surface area (Å²) in [5.74, 6) is -0.266. The fourth-order valence-electron chi connectivity index (χ4n) is 3.46. The third-order valence-electron chi connectivity index (χ3n) is 5.31. The molecule has 4 N–H and O–H groups in total. The average molecular weight is 453 g/mol. The quantitative estimate of drug-likeness (QED) is 0.382. The summed E-state index contributed by atoms with van der Waals surface area (Å²) in [5.41, 5.74) is 0.467. The van der Waals surface area contributed by atoms with E-state index in [0.29, 0.717) is 16.9 Å². The van der Waals surface area contributed by atoms with E-state index in [4.69, 9.17) is 9.15 Å². The van der Waals surface area contributed by atoms with E-state index in [9.17, 15) is 25.2 Å². The van der Waals surface area contributed by atoms with E-state index in [1.807, 2.05) is 19.9 Å². The van der Waals surface area contributed by atoms with E-state index in [0.717, 1.165) is 6.07 Å². The van der Waals surface area contributed by atoms with Crippen molar-refractivity contribution in [3.05, 3.63) is 63.8 Å². The van der Waals surface area contributed by atoms with E-state index in [-0.39, 0.29) is 57.4 Å². The summed E-state index contributed by atoms with van der Waals surface area (Å²) in [6.45, 7) is 9.31. The van der Waals surface area contributed by atoms with Crippen molar-refractivity contribution in [3.63, 3.8) is 0 Å². The molecule has 7 nitrogen and oxygen atoms in total. The molecule has 0 spiro atoms. The number of allylic oxidation sites excluding steroid dienone is 1. The molecular formula is C26H28O7. The lowest BCUT2D eigenvalue weighted by molar-refractivity contribution is 0.211. The van der Waals surface area contributed by atoms with Crippen LogP contribution < -0.4 is 10.2 Å². The van der Waals surface area contributed by atoms with Crippen molar-refractivity contribution in [3.8, 4) is 34.3 Å². The predicted octanol–water partition coefficient (Wildman–Crippen LogP) is 4.73. The number of ether oxygens (including phenoxy) is 1. The van der Waals surface area contributed by atoms with Gasteiger partial charge in [0.15, 0.2) is 5.43 Å². The van der Waals surface area contributed by atoms with Crippen LogP contribution in [0.3, 0.4) is 0 Å². The Bertz CT molecular complexity index is 1300. The molecule has 1 heterocycles. The topological polar surface area (TPSA) is 120 Å². The number of aliphatic hydroxyl groups excluding tert-OH is 1. The summed E-state index contributed by atoms with van der Waals surface area (Å²) in [6, 6.07) is 5.37. The molecule has 1 atom stereocenters. The number of hydrogen-bond acceptors (Lipinski definition) is 7. The second-order valence-corrected chi connectivity index (χ2v) is 8.32. The Morgan fingerprint density at radius 1 is 1.21 bits per heavy atom. The van der Waals surface area contributed by atoms with Crippen LogP contribution in [0.2, 0.25) is 0 Å². The van der Waals surface area contributed by atoms with Gasteiger partial charge in [-0.15, -0.1) is 0 Å². The number of phenolic OH excluding ortho intramolecular Hbond substituents is 3. The zero-order chi connectivity index (χ0) is 24.4. The van der Waals surface area contributed by atoms with Crippen molar-refractivity contribution in [2.45, 2.75) is 33.3 Å². The number of aliphatic hydroxyl groups is 1. The van der Waals surface area contributed by atoms with Crippen LogP contribution in [-0.2, 0) is 6.42 Å². The van der Waals surface area contributed by atoms with Crippen LogP contribution in [0.15, 0.2) is 51.7 Å². The van der Waals surface area contributed by atoms with Crippen LogP contribution in [0.5, 0.6) is 23.0 Å². The molecule has 7 heteroatoms. The third kappa shape index (κ3) is 4.73. The molecule has 0 bridgehead atoms. The Morgan fingerprint density at radius 2 is 1.91 bits per heavy atom. The van der Waals surface area contributed by atoms with Crippen LogP contribution in [-0.4, -0.2) is 33.6 Å². The lowest BCUT2D eigenvalue weighted by atomic mass is 9.96. The van der Waals surface area contributed by atoms with Crippen LogP contribution in [0, 0.1) is 5.92 Å². The van der Waals surface area contributed by atoms with Gasteiger partial charge in [0.1, 0.15) is 39.7 Å². The number of aromatic hydroxyl groups is 3. The smallest absolute Gasteiger partial charge is 0.200 e. The summed E-state index contributed by atoms with van der Waals surface area (Å²) in [4.78, 5) is 13.6. The van der Waals surface area contributed by atoms with Crippen molar-refractivity contribution in [2.75, 3.05) is 7.11 Å². The number of benzene rings is 2. The first-order chi connectivity index (χ1) is 15.5. The number of methoxy groups -OCH3 is 1. The van der Waals surface area contributed by atoms with E-state index in [2.05, 4.69) is 6.58 Å². The van der Waals surface area contributed by atoms with Gasteiger partial charge in [-0.1, -0.05) is 38.2 Å². The Kier molecular flexibility index (Phi) is 6.84. The molecule has 0 fully saturated rings. The molecule has 0 aliphatic heterocycles. The predicted molar refractivity (Wildman–Crippen MR) is 128 cm³/mol. The molecule has 0 saturated carbocycles. The Balaban J connectivity index is 2.42. The van der Waals surface area contributed by atoms with Gasteiger partial charge in [0.2, 0.25) is 0 Å². The molecule has 3 rings (SSSR count). The number of phenols is 3. The normalized spacial score (nSPS) is 12.5. The minimum absolute atomic E-state index is 0.0113. The molecule has 0 radical (unpaired) electrons. The van der Waals surface area contributed by atoms with Gasteiger partial charge in [-0.3, -0.25) is 4.79 Å². The third-order valence-corrected chi connectivity index (χ3v) is 5.31. The second-order valence-electron chi connectivity index (χ2n) is 8.32. The van der Waals surface area contributed by atoms with Crippen molar-refractivity contribution in [1.82, 2.24) is 0 Å². The molecule has 33 heavy (non-hydrogen) atoms. The van der Waals surface area contributed by atoms with E-state index in [1.54, 1.807) is 13.0 Å². The monoisotopic (exact) mass is 452 g/mol. The fraction of sp³-hybridized carbons (Fsp3) is 0.269. The zero-order valence-electron chi connectivity index (χ0n) is 19.0. The van der Waals surface area contributed by atoms with Gasteiger partial charge in [-0.25, -0.2) is 0 Å². The number of rotatable bonds is 7. The highest BCUT2D eigenvalue weighted by molar-refractivity contribution is 5.92. The summed E-state index contributed by atoms with van der Waals surface area (Å²) >= 11 is 0. The summed E-state index contributed by atoms with van der Waals surface area (Å²) in [7, 11) is 1.44. The number of fused-ring (bicyclic) bond motifs is 1. The van der Waals surface area contributed by atoms with Gasteiger partial charge < -0.3 is 29.6 Å². The van der Waals surface area contributed by atoms with E-state index >= 15 is 0 Å². The maximum Gasteiger partial charge on any atom is 0.200 e. The molecule has 174 valence electrons. The number of hydrogen-bond donors (Lipinski definition) is 4. The molecule has 0 amide bonds. The lowest BCUT2D eigenvalue weighted by Gasteiger charge is -2.17. The van der Waals surface area contributed by atoms with Gasteiger partial charge in [0, 0.05) is 24.1 Å². The SMILES string of the molecule is C=C(C)[C@H](O)Cc1c(-c2ccc(O)cc2O)oc2cc(OC)c(C=CC(C)C)c(O)c2c1=O. The molecule has 2 aromatic carbocycles. The standard InChI is InChI=1S/C26H28O7/c1-13(2)6-8-17-21(32-5)12-22-23(24(17)30)25(31)18(11-19(28)14(3)4)26(33-22)16-9-7-15(27)10-20(16)29/h6-10,12-13,19,27-30H,3,11H2,1-2,4-5H3/t19-/m1/s1. The molecule has 3 aromatic rings. The van der Waals surface area contributed by atoms with Gasteiger partial charge in [0.25, 0.3) is 0 Å². The highest BCUT2D eigenvalue weighted by Gasteiger charge is 2.25. The lowest BCUT2D eigenvalue weighted by Crippen LogP contribution is -2.20. The Hall–Kier alpha value is -3.71. The van der Waals surface area contributed by atoms with Crippen LogP contribution >= 0.6 is 0 Å². The highest BCUT2D eigenvalue weighted by atomic mass is 16.5. The van der Waals surface area contributed by atoms with E-state index < -0.39 is 11.5 Å². The van der Waals surface area contributed by atoms with Gasteiger partial charge >= 0.3 is 0 Å². The summed E-state index contributed by atoms with van der Waals surface area (Å²) < 4.78 is 11.4. The fourth-order valence-corrected chi connectivity index (χ4v) is 3.46. The first-order valence-corrected chi connectivity index (χ1v) is 10.5. The van der Waals surface area contributed by atoms with Crippen LogP contribution in [0.4, 0.5) is 0 Å². The maximum absolute atomic E-state index is 13.6. The minimum atomic E-state index is -1.05. The Morgan fingerprint density at radius 3 is 2.48 bits per heavy atom. The van der Waals surface area contributed by atoms with Crippen molar-refractivity contribution >= 4 is 17.0 Å². The molecule has 0 aliphatic carbocycles. The highest BCUT2D eigenvalue weighted by Crippen LogP contribution is 2.40. The molecule has 0 unspecified atom stereocenters. The molecular weight excluding hydrogens is 424 g/mol. The first kappa shape index (κ1) is 23.9. The summed E-state index contributed by atoms with van der Waals surface area (Å²) in [6.07, 6.45) is 2.34. The van der Waals surface area contributed by atoms with Gasteiger partial charge in [0.05, 0.1) is 24.3 Å². The Labute approximate surface area is 191 Å².